The Kier molecular flexibility index (Phi) is 14.2. The fraction of sp³-hybridized carbons (Fsp3) is 0.857. The van der Waals surface area contributed by atoms with Crippen LogP contribution in [0.25, 0.3) is 0 Å². The summed E-state index contributed by atoms with van der Waals surface area (Å²) in [6.07, 6.45) is 2.27. The molecule has 5 heteroatoms. The summed E-state index contributed by atoms with van der Waals surface area (Å²) >= 11 is 0. The lowest BCUT2D eigenvalue weighted by Crippen LogP contribution is -2.29. The number of hydrogen-bond donors (Lipinski definition) is 3. The fourth-order valence-electron chi connectivity index (χ4n) is 1.87. The number of carboxylic acids is 2. The van der Waals surface area contributed by atoms with Gasteiger partial charge >= 0.3 is 11.9 Å². The highest BCUT2D eigenvalue weighted by atomic mass is 16.4. The van der Waals surface area contributed by atoms with Crippen molar-refractivity contribution in [3.05, 3.63) is 0 Å². The molecule has 0 saturated heterocycles. The SMILES string of the molecule is CCCC(C(=O)O)C(CCC)C(=O)O.CCNCC. The topological polar surface area (TPSA) is 86.6 Å². The molecule has 0 saturated carbocycles. The van der Waals surface area contributed by atoms with Gasteiger partial charge in [-0.15, -0.1) is 0 Å². The molecule has 0 rings (SSSR count). The molecule has 0 aromatic carbocycles. The van der Waals surface area contributed by atoms with Crippen molar-refractivity contribution in [1.82, 2.24) is 5.32 Å². The van der Waals surface area contributed by atoms with Crippen molar-refractivity contribution in [2.24, 2.45) is 11.8 Å². The first-order valence-electron chi connectivity index (χ1n) is 7.12. The quantitative estimate of drug-likeness (QED) is 0.602. The first-order chi connectivity index (χ1) is 8.95. The van der Waals surface area contributed by atoms with E-state index in [9.17, 15) is 9.59 Å². The Balaban J connectivity index is 0. The minimum Gasteiger partial charge on any atom is -0.481 e. The summed E-state index contributed by atoms with van der Waals surface area (Å²) in [5.41, 5.74) is 0. The zero-order valence-electron chi connectivity index (χ0n) is 12.6. The van der Waals surface area contributed by atoms with Crippen LogP contribution in [-0.4, -0.2) is 35.2 Å². The van der Waals surface area contributed by atoms with Crippen LogP contribution in [0.15, 0.2) is 0 Å². The molecule has 0 aliphatic carbocycles. The van der Waals surface area contributed by atoms with E-state index in [4.69, 9.17) is 10.2 Å². The minimum absolute atomic E-state index is 0.437. The van der Waals surface area contributed by atoms with Crippen molar-refractivity contribution in [2.75, 3.05) is 13.1 Å². The van der Waals surface area contributed by atoms with E-state index in [0.717, 1.165) is 13.1 Å². The van der Waals surface area contributed by atoms with Gasteiger partial charge in [0.05, 0.1) is 11.8 Å². The molecule has 0 aromatic rings. The summed E-state index contributed by atoms with van der Waals surface area (Å²) in [5, 5.41) is 20.9. The van der Waals surface area contributed by atoms with Crippen LogP contribution >= 0.6 is 0 Å². The maximum Gasteiger partial charge on any atom is 0.307 e. The van der Waals surface area contributed by atoms with Gasteiger partial charge in [-0.2, -0.15) is 0 Å². The molecule has 0 spiro atoms. The van der Waals surface area contributed by atoms with Crippen LogP contribution < -0.4 is 5.32 Å². The lowest BCUT2D eigenvalue weighted by atomic mass is 9.85. The molecule has 0 aliphatic heterocycles. The van der Waals surface area contributed by atoms with E-state index < -0.39 is 23.8 Å². The molecule has 0 fully saturated rings. The van der Waals surface area contributed by atoms with Gasteiger partial charge in [-0.25, -0.2) is 0 Å². The van der Waals surface area contributed by atoms with Crippen molar-refractivity contribution in [1.29, 1.82) is 0 Å². The highest BCUT2D eigenvalue weighted by Gasteiger charge is 2.31. The predicted octanol–water partition coefficient (Wildman–Crippen LogP) is 2.60. The van der Waals surface area contributed by atoms with E-state index in [1.807, 2.05) is 13.8 Å². The third-order valence-corrected chi connectivity index (χ3v) is 2.82. The first-order valence-corrected chi connectivity index (χ1v) is 7.12. The second-order valence-corrected chi connectivity index (χ2v) is 4.42. The van der Waals surface area contributed by atoms with Crippen LogP contribution in [0.3, 0.4) is 0 Å². The predicted molar refractivity (Wildman–Crippen MR) is 76.3 cm³/mol. The molecule has 19 heavy (non-hydrogen) atoms. The average molecular weight is 275 g/mol. The van der Waals surface area contributed by atoms with Crippen molar-refractivity contribution in [3.8, 4) is 0 Å². The molecule has 5 nitrogen and oxygen atoms in total. The molecule has 0 aliphatic rings. The lowest BCUT2D eigenvalue weighted by molar-refractivity contribution is -0.154. The molecular weight excluding hydrogens is 246 g/mol. The van der Waals surface area contributed by atoms with E-state index in [1.165, 1.54) is 0 Å². The van der Waals surface area contributed by atoms with Crippen LogP contribution in [-0.2, 0) is 9.59 Å². The Morgan fingerprint density at radius 3 is 1.26 bits per heavy atom. The van der Waals surface area contributed by atoms with Crippen molar-refractivity contribution < 1.29 is 19.8 Å². The largest absolute Gasteiger partial charge is 0.481 e. The lowest BCUT2D eigenvalue weighted by Gasteiger charge is -2.18. The molecule has 2 unspecified atom stereocenters. The molecule has 114 valence electrons. The van der Waals surface area contributed by atoms with Crippen molar-refractivity contribution in [2.45, 2.75) is 53.4 Å². The molecule has 0 radical (unpaired) electrons. The second kappa shape index (κ2) is 13.3. The molecular formula is C14H29NO4. The maximum absolute atomic E-state index is 10.8. The van der Waals surface area contributed by atoms with E-state index in [0.29, 0.717) is 25.7 Å². The number of carbonyl (C=O) groups is 2. The summed E-state index contributed by atoms with van der Waals surface area (Å²) in [7, 11) is 0. The zero-order valence-corrected chi connectivity index (χ0v) is 12.6. The number of nitrogens with one attached hydrogen (secondary N) is 1. The number of aliphatic carboxylic acids is 2. The van der Waals surface area contributed by atoms with Gasteiger partial charge in [0.2, 0.25) is 0 Å². The summed E-state index contributed by atoms with van der Waals surface area (Å²) in [6, 6.07) is 0. The van der Waals surface area contributed by atoms with Gasteiger partial charge in [0.1, 0.15) is 0 Å². The Bertz CT molecular complexity index is 220. The van der Waals surface area contributed by atoms with Crippen LogP contribution in [0.2, 0.25) is 0 Å². The highest BCUT2D eigenvalue weighted by molar-refractivity contribution is 5.79. The molecule has 2 atom stereocenters. The molecule has 0 amide bonds. The highest BCUT2D eigenvalue weighted by Crippen LogP contribution is 2.23. The summed E-state index contributed by atoms with van der Waals surface area (Å²) in [5.74, 6) is -3.46. The number of carboxylic acid groups (broad SMARTS) is 2. The van der Waals surface area contributed by atoms with Crippen LogP contribution in [0, 0.1) is 11.8 Å². The third-order valence-electron chi connectivity index (χ3n) is 2.82. The summed E-state index contributed by atoms with van der Waals surface area (Å²) in [4.78, 5) is 21.7. The van der Waals surface area contributed by atoms with E-state index in [1.54, 1.807) is 0 Å². The van der Waals surface area contributed by atoms with Gasteiger partial charge in [0.15, 0.2) is 0 Å². The van der Waals surface area contributed by atoms with Gasteiger partial charge in [0.25, 0.3) is 0 Å². The van der Waals surface area contributed by atoms with Gasteiger partial charge in [0, 0.05) is 0 Å². The van der Waals surface area contributed by atoms with Gasteiger partial charge in [-0.3, -0.25) is 9.59 Å². The smallest absolute Gasteiger partial charge is 0.307 e. The first kappa shape index (κ1) is 20.2. The Morgan fingerprint density at radius 1 is 0.842 bits per heavy atom. The van der Waals surface area contributed by atoms with Crippen LogP contribution in [0.1, 0.15) is 53.4 Å². The van der Waals surface area contributed by atoms with E-state index in [2.05, 4.69) is 19.2 Å². The standard InChI is InChI=1S/C10H18O4.C4H11N/c1-3-5-7(9(11)12)8(6-4-2)10(13)14;1-3-5-4-2/h7-8H,3-6H2,1-2H3,(H,11,12)(H,13,14);5H,3-4H2,1-2H3. The minimum atomic E-state index is -0.993. The Hall–Kier alpha value is -1.10. The third kappa shape index (κ3) is 10.5. The monoisotopic (exact) mass is 275 g/mol. The van der Waals surface area contributed by atoms with Crippen LogP contribution in [0.4, 0.5) is 0 Å². The van der Waals surface area contributed by atoms with Crippen molar-refractivity contribution in [3.63, 3.8) is 0 Å². The molecule has 0 bridgehead atoms. The summed E-state index contributed by atoms with van der Waals surface area (Å²) in [6.45, 7) is 10.1. The number of rotatable bonds is 9. The molecule has 0 heterocycles. The number of hydrogen-bond acceptors (Lipinski definition) is 3. The maximum atomic E-state index is 10.8. The summed E-state index contributed by atoms with van der Waals surface area (Å²) < 4.78 is 0. The second-order valence-electron chi connectivity index (χ2n) is 4.42. The molecule has 0 aromatic heterocycles. The van der Waals surface area contributed by atoms with E-state index in [-0.39, 0.29) is 0 Å². The Morgan fingerprint density at radius 2 is 1.16 bits per heavy atom. The fourth-order valence-corrected chi connectivity index (χ4v) is 1.87. The normalized spacial score (nSPS) is 13.1. The van der Waals surface area contributed by atoms with Gasteiger partial charge in [-0.1, -0.05) is 40.5 Å². The van der Waals surface area contributed by atoms with Gasteiger partial charge in [-0.05, 0) is 25.9 Å². The van der Waals surface area contributed by atoms with E-state index >= 15 is 0 Å². The molecule has 3 N–H and O–H groups in total. The van der Waals surface area contributed by atoms with Crippen molar-refractivity contribution >= 4 is 11.9 Å². The Labute approximate surface area is 116 Å². The van der Waals surface area contributed by atoms with Crippen LogP contribution in [0.5, 0.6) is 0 Å². The zero-order chi connectivity index (χ0) is 15.3. The van der Waals surface area contributed by atoms with Gasteiger partial charge < -0.3 is 15.5 Å². The average Bonchev–Trinajstić information content (AvgIpc) is 2.34.